The van der Waals surface area contributed by atoms with Crippen LogP contribution in [0.3, 0.4) is 0 Å². The smallest absolute Gasteiger partial charge is 0.121 e. The highest BCUT2D eigenvalue weighted by molar-refractivity contribution is 5.49. The van der Waals surface area contributed by atoms with E-state index in [0.29, 0.717) is 6.10 Å². The molecule has 82 valence electrons. The van der Waals surface area contributed by atoms with Crippen LogP contribution in [0.5, 0.6) is 5.75 Å². The van der Waals surface area contributed by atoms with Gasteiger partial charge in [0.15, 0.2) is 0 Å². The monoisotopic (exact) mass is 205 g/mol. The summed E-state index contributed by atoms with van der Waals surface area (Å²) >= 11 is 0. The molecule has 0 aromatic heterocycles. The van der Waals surface area contributed by atoms with Gasteiger partial charge in [0.25, 0.3) is 0 Å². The molecule has 0 heterocycles. The van der Waals surface area contributed by atoms with Gasteiger partial charge in [-0.25, -0.2) is 0 Å². The van der Waals surface area contributed by atoms with Gasteiger partial charge in [-0.3, -0.25) is 0 Å². The second-order valence-corrected chi connectivity index (χ2v) is 4.42. The zero-order chi connectivity index (χ0) is 10.7. The Morgan fingerprint density at radius 3 is 2.60 bits per heavy atom. The summed E-state index contributed by atoms with van der Waals surface area (Å²) in [6.45, 7) is 0. The third kappa shape index (κ3) is 2.65. The maximum Gasteiger partial charge on any atom is 0.121 e. The lowest BCUT2D eigenvalue weighted by atomic mass is 10.2. The first kappa shape index (κ1) is 10.3. The van der Waals surface area contributed by atoms with E-state index < -0.39 is 0 Å². The second-order valence-electron chi connectivity index (χ2n) is 4.42. The van der Waals surface area contributed by atoms with Gasteiger partial charge in [0.05, 0.1) is 6.10 Å². The molecule has 15 heavy (non-hydrogen) atoms. The van der Waals surface area contributed by atoms with E-state index in [1.54, 1.807) is 0 Å². The van der Waals surface area contributed by atoms with Gasteiger partial charge in [0.2, 0.25) is 0 Å². The average Bonchev–Trinajstić information content (AvgIpc) is 2.71. The number of hydrogen-bond donors (Lipinski definition) is 0. The van der Waals surface area contributed by atoms with Crippen LogP contribution in [0.25, 0.3) is 0 Å². The third-order valence-electron chi connectivity index (χ3n) is 2.94. The molecule has 1 saturated carbocycles. The van der Waals surface area contributed by atoms with Gasteiger partial charge in [-0.15, -0.1) is 0 Å². The first-order valence-electron chi connectivity index (χ1n) is 5.70. The molecule has 0 radical (unpaired) electrons. The summed E-state index contributed by atoms with van der Waals surface area (Å²) in [5.74, 6) is 1.01. The predicted molar refractivity (Wildman–Crippen MR) is 63.7 cm³/mol. The normalized spacial score (nSPS) is 16.7. The molecule has 0 amide bonds. The van der Waals surface area contributed by atoms with Gasteiger partial charge in [-0.2, -0.15) is 0 Å². The molecule has 0 aliphatic heterocycles. The van der Waals surface area contributed by atoms with Crippen LogP contribution in [0.15, 0.2) is 24.3 Å². The highest BCUT2D eigenvalue weighted by Crippen LogP contribution is 2.26. The fourth-order valence-electron chi connectivity index (χ4n) is 2.03. The molecule has 1 aliphatic carbocycles. The van der Waals surface area contributed by atoms with Crippen LogP contribution in [0.1, 0.15) is 25.7 Å². The van der Waals surface area contributed by atoms with Crippen LogP contribution < -0.4 is 9.64 Å². The average molecular weight is 205 g/mol. The first-order chi connectivity index (χ1) is 7.25. The number of anilines is 1. The molecule has 1 aromatic carbocycles. The van der Waals surface area contributed by atoms with Crippen molar-refractivity contribution < 1.29 is 4.74 Å². The van der Waals surface area contributed by atoms with Crippen LogP contribution in [-0.4, -0.2) is 20.2 Å². The van der Waals surface area contributed by atoms with Gasteiger partial charge in [-0.1, -0.05) is 6.07 Å². The Morgan fingerprint density at radius 1 is 1.20 bits per heavy atom. The molecular formula is C13H19NO. The van der Waals surface area contributed by atoms with Crippen molar-refractivity contribution in [2.45, 2.75) is 31.8 Å². The molecule has 0 unspecified atom stereocenters. The Morgan fingerprint density at radius 2 is 1.93 bits per heavy atom. The number of rotatable bonds is 3. The van der Waals surface area contributed by atoms with Crippen molar-refractivity contribution in [1.82, 2.24) is 0 Å². The number of nitrogens with zero attached hydrogens (tertiary/aromatic N) is 1. The molecule has 0 N–H and O–H groups in total. The molecule has 1 aromatic rings. The van der Waals surface area contributed by atoms with Crippen LogP contribution in [0.2, 0.25) is 0 Å². The van der Waals surface area contributed by atoms with E-state index in [2.05, 4.69) is 37.2 Å². The molecule has 2 heteroatoms. The Bertz CT molecular complexity index is 316. The Labute approximate surface area is 91.9 Å². The Kier molecular flexibility index (Phi) is 3.14. The standard InChI is InChI=1S/C13H19NO/c1-14(2)11-6-5-9-13(10-11)15-12-7-3-4-8-12/h5-6,9-10,12H,3-4,7-8H2,1-2H3. The van der Waals surface area contributed by atoms with Gasteiger partial charge in [-0.05, 0) is 37.8 Å². The van der Waals surface area contributed by atoms with E-state index in [-0.39, 0.29) is 0 Å². The lowest BCUT2D eigenvalue weighted by molar-refractivity contribution is 0.210. The molecule has 0 saturated heterocycles. The number of ether oxygens (including phenoxy) is 1. The van der Waals surface area contributed by atoms with Crippen molar-refractivity contribution in [3.8, 4) is 5.75 Å². The van der Waals surface area contributed by atoms with Crippen molar-refractivity contribution >= 4 is 5.69 Å². The zero-order valence-electron chi connectivity index (χ0n) is 9.57. The Balaban J connectivity index is 2.04. The number of hydrogen-bond acceptors (Lipinski definition) is 2. The van der Waals surface area contributed by atoms with Crippen molar-refractivity contribution in [3.05, 3.63) is 24.3 Å². The lowest BCUT2D eigenvalue weighted by Gasteiger charge is -2.16. The Hall–Kier alpha value is -1.18. The minimum Gasteiger partial charge on any atom is -0.490 e. The molecule has 0 spiro atoms. The van der Waals surface area contributed by atoms with Gasteiger partial charge < -0.3 is 9.64 Å². The van der Waals surface area contributed by atoms with Gasteiger partial charge in [0.1, 0.15) is 5.75 Å². The topological polar surface area (TPSA) is 12.5 Å². The van der Waals surface area contributed by atoms with Gasteiger partial charge in [0, 0.05) is 25.8 Å². The van der Waals surface area contributed by atoms with E-state index in [1.165, 1.54) is 31.4 Å². The largest absolute Gasteiger partial charge is 0.490 e. The van der Waals surface area contributed by atoms with Crippen molar-refractivity contribution in [1.29, 1.82) is 0 Å². The third-order valence-corrected chi connectivity index (χ3v) is 2.94. The predicted octanol–water partition coefficient (Wildman–Crippen LogP) is 3.07. The van der Waals surface area contributed by atoms with Gasteiger partial charge >= 0.3 is 0 Å². The van der Waals surface area contributed by atoms with Crippen LogP contribution in [0.4, 0.5) is 5.69 Å². The van der Waals surface area contributed by atoms with Crippen LogP contribution in [0, 0.1) is 0 Å². The maximum absolute atomic E-state index is 5.94. The van der Waals surface area contributed by atoms with Crippen molar-refractivity contribution in [3.63, 3.8) is 0 Å². The minimum absolute atomic E-state index is 0.447. The van der Waals surface area contributed by atoms with E-state index in [9.17, 15) is 0 Å². The van der Waals surface area contributed by atoms with E-state index >= 15 is 0 Å². The van der Waals surface area contributed by atoms with Crippen molar-refractivity contribution in [2.24, 2.45) is 0 Å². The second kappa shape index (κ2) is 4.56. The first-order valence-corrected chi connectivity index (χ1v) is 5.70. The van der Waals surface area contributed by atoms with Crippen LogP contribution in [-0.2, 0) is 0 Å². The molecule has 0 atom stereocenters. The summed E-state index contributed by atoms with van der Waals surface area (Å²) in [6.07, 6.45) is 5.51. The minimum atomic E-state index is 0.447. The highest BCUT2D eigenvalue weighted by Gasteiger charge is 2.16. The summed E-state index contributed by atoms with van der Waals surface area (Å²) < 4.78 is 5.94. The fourth-order valence-corrected chi connectivity index (χ4v) is 2.03. The lowest BCUT2D eigenvalue weighted by Crippen LogP contribution is -2.12. The molecule has 2 rings (SSSR count). The highest BCUT2D eigenvalue weighted by atomic mass is 16.5. The summed E-state index contributed by atoms with van der Waals surface area (Å²) in [7, 11) is 4.10. The van der Waals surface area contributed by atoms with E-state index in [0.717, 1.165) is 5.75 Å². The summed E-state index contributed by atoms with van der Waals surface area (Å²) in [6, 6.07) is 8.31. The molecule has 2 nitrogen and oxygen atoms in total. The molecule has 0 bridgehead atoms. The van der Waals surface area contributed by atoms with E-state index in [4.69, 9.17) is 4.74 Å². The maximum atomic E-state index is 5.94. The quantitative estimate of drug-likeness (QED) is 0.752. The molecule has 1 fully saturated rings. The fraction of sp³-hybridized carbons (Fsp3) is 0.538. The summed E-state index contributed by atoms with van der Waals surface area (Å²) in [4.78, 5) is 2.10. The molecule has 1 aliphatic rings. The SMILES string of the molecule is CN(C)c1cccc(OC2CCCC2)c1. The van der Waals surface area contributed by atoms with Crippen molar-refractivity contribution in [2.75, 3.05) is 19.0 Å². The number of benzene rings is 1. The molecular weight excluding hydrogens is 186 g/mol. The summed E-state index contributed by atoms with van der Waals surface area (Å²) in [5, 5.41) is 0. The summed E-state index contributed by atoms with van der Waals surface area (Å²) in [5.41, 5.74) is 1.20. The zero-order valence-corrected chi connectivity index (χ0v) is 9.57. The van der Waals surface area contributed by atoms with Crippen LogP contribution >= 0.6 is 0 Å². The van der Waals surface area contributed by atoms with E-state index in [1.807, 2.05) is 6.07 Å².